The van der Waals surface area contributed by atoms with Crippen LogP contribution in [0.25, 0.3) is 0 Å². The molecule has 7 heteroatoms. The summed E-state index contributed by atoms with van der Waals surface area (Å²) in [5.41, 5.74) is 0.114. The maximum absolute atomic E-state index is 11.9. The standard InChI is InChI=1S/C13H20N4O2S/c1-20(18,19)16-7-11(13(8-16)5-2-6-13)12-15-14-9-17(12)10-3-4-10/h9-11H,2-8H2,1H3. The van der Waals surface area contributed by atoms with Crippen LogP contribution in [0.5, 0.6) is 0 Å². The van der Waals surface area contributed by atoms with Crippen LogP contribution in [0.15, 0.2) is 6.33 Å². The third-order valence-corrected chi connectivity index (χ3v) is 6.50. The highest BCUT2D eigenvalue weighted by atomic mass is 32.2. The first kappa shape index (κ1) is 12.8. The molecule has 1 atom stereocenters. The van der Waals surface area contributed by atoms with Gasteiger partial charge in [0.2, 0.25) is 10.0 Å². The lowest BCUT2D eigenvalue weighted by atomic mass is 9.62. The monoisotopic (exact) mass is 296 g/mol. The van der Waals surface area contributed by atoms with Crippen LogP contribution in [-0.4, -0.2) is 46.8 Å². The van der Waals surface area contributed by atoms with Gasteiger partial charge in [0, 0.05) is 25.0 Å². The molecule has 2 saturated carbocycles. The zero-order valence-electron chi connectivity index (χ0n) is 11.7. The number of rotatable bonds is 3. The molecule has 4 rings (SSSR count). The molecule has 1 unspecified atom stereocenters. The van der Waals surface area contributed by atoms with Crippen LogP contribution < -0.4 is 0 Å². The van der Waals surface area contributed by atoms with Gasteiger partial charge < -0.3 is 4.57 Å². The summed E-state index contributed by atoms with van der Waals surface area (Å²) in [4.78, 5) is 0. The summed E-state index contributed by atoms with van der Waals surface area (Å²) in [6.45, 7) is 1.23. The van der Waals surface area contributed by atoms with E-state index >= 15 is 0 Å². The van der Waals surface area contributed by atoms with Crippen molar-refractivity contribution in [1.82, 2.24) is 19.1 Å². The van der Waals surface area contributed by atoms with Gasteiger partial charge in [-0.05, 0) is 31.1 Å². The van der Waals surface area contributed by atoms with Gasteiger partial charge in [0.1, 0.15) is 12.2 Å². The topological polar surface area (TPSA) is 68.1 Å². The molecule has 1 spiro atoms. The first-order valence-electron chi connectivity index (χ1n) is 7.34. The second kappa shape index (κ2) is 4.04. The van der Waals surface area contributed by atoms with Crippen LogP contribution in [0.3, 0.4) is 0 Å². The Morgan fingerprint density at radius 2 is 2.10 bits per heavy atom. The average Bonchev–Trinajstić information content (AvgIpc) is 2.91. The van der Waals surface area contributed by atoms with Gasteiger partial charge in [-0.1, -0.05) is 6.42 Å². The maximum atomic E-state index is 11.9. The van der Waals surface area contributed by atoms with Gasteiger partial charge in [-0.25, -0.2) is 12.7 Å². The highest BCUT2D eigenvalue weighted by Gasteiger charge is 2.54. The van der Waals surface area contributed by atoms with E-state index in [0.29, 0.717) is 19.1 Å². The lowest BCUT2D eigenvalue weighted by molar-refractivity contribution is 0.125. The van der Waals surface area contributed by atoms with Crippen LogP contribution >= 0.6 is 0 Å². The molecule has 0 N–H and O–H groups in total. The molecule has 0 amide bonds. The van der Waals surface area contributed by atoms with Crippen LogP contribution in [-0.2, 0) is 10.0 Å². The number of aromatic nitrogens is 3. The Kier molecular flexibility index (Phi) is 2.58. The molecule has 1 aromatic rings. The Morgan fingerprint density at radius 1 is 1.35 bits per heavy atom. The molecule has 2 heterocycles. The van der Waals surface area contributed by atoms with E-state index in [4.69, 9.17) is 0 Å². The number of hydrogen-bond acceptors (Lipinski definition) is 4. The van der Waals surface area contributed by atoms with Crippen molar-refractivity contribution < 1.29 is 8.42 Å². The van der Waals surface area contributed by atoms with Gasteiger partial charge in [0.25, 0.3) is 0 Å². The van der Waals surface area contributed by atoms with Crippen LogP contribution in [0.1, 0.15) is 49.9 Å². The minimum atomic E-state index is -3.12. The lowest BCUT2D eigenvalue weighted by Crippen LogP contribution is -2.38. The smallest absolute Gasteiger partial charge is 0.211 e. The van der Waals surface area contributed by atoms with E-state index in [-0.39, 0.29) is 11.3 Å². The summed E-state index contributed by atoms with van der Waals surface area (Å²) in [6.07, 6.45) is 8.95. The van der Waals surface area contributed by atoms with Crippen molar-refractivity contribution >= 4 is 10.0 Å². The minimum Gasteiger partial charge on any atom is -0.314 e. The Morgan fingerprint density at radius 3 is 2.65 bits per heavy atom. The number of sulfonamides is 1. The molecule has 3 fully saturated rings. The van der Waals surface area contributed by atoms with E-state index in [1.54, 1.807) is 4.31 Å². The fourth-order valence-electron chi connectivity index (χ4n) is 3.80. The molecule has 1 saturated heterocycles. The Hall–Kier alpha value is -0.950. The summed E-state index contributed by atoms with van der Waals surface area (Å²) in [5.74, 6) is 1.23. The zero-order chi connectivity index (χ0) is 14.0. The van der Waals surface area contributed by atoms with Crippen molar-refractivity contribution in [3.8, 4) is 0 Å². The molecule has 0 radical (unpaired) electrons. The molecule has 1 aromatic heterocycles. The van der Waals surface area contributed by atoms with Crippen LogP contribution in [0, 0.1) is 5.41 Å². The molecule has 20 heavy (non-hydrogen) atoms. The molecular formula is C13H20N4O2S. The molecule has 0 aromatic carbocycles. The Bertz CT molecular complexity index is 631. The fraction of sp³-hybridized carbons (Fsp3) is 0.846. The molecule has 2 aliphatic carbocycles. The molecule has 6 nitrogen and oxygen atoms in total. The van der Waals surface area contributed by atoms with E-state index in [1.807, 2.05) is 6.33 Å². The largest absolute Gasteiger partial charge is 0.314 e. The molecule has 1 aliphatic heterocycles. The molecular weight excluding hydrogens is 276 g/mol. The zero-order valence-corrected chi connectivity index (χ0v) is 12.5. The molecule has 3 aliphatic rings. The first-order valence-corrected chi connectivity index (χ1v) is 9.19. The van der Waals surface area contributed by atoms with Gasteiger partial charge in [-0.15, -0.1) is 10.2 Å². The average molecular weight is 296 g/mol. The summed E-state index contributed by atoms with van der Waals surface area (Å²) < 4.78 is 27.6. The van der Waals surface area contributed by atoms with Crippen LogP contribution in [0.4, 0.5) is 0 Å². The maximum Gasteiger partial charge on any atom is 0.211 e. The SMILES string of the molecule is CS(=O)(=O)N1CC(c2nncn2C2CC2)C2(CCC2)C1. The predicted molar refractivity (Wildman–Crippen MR) is 73.7 cm³/mol. The molecule has 110 valence electrons. The summed E-state index contributed by atoms with van der Waals surface area (Å²) in [7, 11) is -3.12. The second-order valence-corrected chi connectivity index (χ2v) is 8.63. The van der Waals surface area contributed by atoms with E-state index in [0.717, 1.165) is 18.7 Å². The Balaban J connectivity index is 1.70. The first-order chi connectivity index (χ1) is 9.50. The van der Waals surface area contributed by atoms with E-state index in [1.165, 1.54) is 25.5 Å². The number of nitrogens with zero attached hydrogens (tertiary/aromatic N) is 4. The van der Waals surface area contributed by atoms with Crippen LogP contribution in [0.2, 0.25) is 0 Å². The van der Waals surface area contributed by atoms with Gasteiger partial charge in [0.15, 0.2) is 0 Å². The van der Waals surface area contributed by atoms with Gasteiger partial charge in [-0.3, -0.25) is 0 Å². The number of hydrogen-bond donors (Lipinski definition) is 0. The summed E-state index contributed by atoms with van der Waals surface area (Å²) in [6, 6.07) is 0.546. The van der Waals surface area contributed by atoms with Gasteiger partial charge in [-0.2, -0.15) is 0 Å². The van der Waals surface area contributed by atoms with Crippen molar-refractivity contribution in [1.29, 1.82) is 0 Å². The fourth-order valence-corrected chi connectivity index (χ4v) is 4.72. The predicted octanol–water partition coefficient (Wildman–Crippen LogP) is 1.14. The van der Waals surface area contributed by atoms with Gasteiger partial charge >= 0.3 is 0 Å². The van der Waals surface area contributed by atoms with Crippen molar-refractivity contribution in [3.05, 3.63) is 12.2 Å². The minimum absolute atomic E-state index is 0.114. The highest BCUT2D eigenvalue weighted by molar-refractivity contribution is 7.88. The van der Waals surface area contributed by atoms with Gasteiger partial charge in [0.05, 0.1) is 6.26 Å². The highest BCUT2D eigenvalue weighted by Crippen LogP contribution is 2.56. The summed E-state index contributed by atoms with van der Waals surface area (Å²) >= 11 is 0. The quantitative estimate of drug-likeness (QED) is 0.839. The third-order valence-electron chi connectivity index (χ3n) is 5.29. The summed E-state index contributed by atoms with van der Waals surface area (Å²) in [5, 5.41) is 8.43. The second-order valence-electron chi connectivity index (χ2n) is 6.65. The van der Waals surface area contributed by atoms with Crippen molar-refractivity contribution in [2.45, 2.75) is 44.1 Å². The normalized spacial score (nSPS) is 29.8. The van der Waals surface area contributed by atoms with Crippen molar-refractivity contribution in [3.63, 3.8) is 0 Å². The van der Waals surface area contributed by atoms with E-state index in [2.05, 4.69) is 14.8 Å². The van der Waals surface area contributed by atoms with Crippen molar-refractivity contribution in [2.24, 2.45) is 5.41 Å². The van der Waals surface area contributed by atoms with Crippen molar-refractivity contribution in [2.75, 3.05) is 19.3 Å². The third kappa shape index (κ3) is 1.83. The van der Waals surface area contributed by atoms with E-state index < -0.39 is 10.0 Å². The molecule has 0 bridgehead atoms. The van der Waals surface area contributed by atoms with E-state index in [9.17, 15) is 8.42 Å². The lowest BCUT2D eigenvalue weighted by Gasteiger charge is -2.42. The Labute approximate surface area is 119 Å².